The number of aromatic nitrogens is 1. The fourth-order valence-corrected chi connectivity index (χ4v) is 4.12. The summed E-state index contributed by atoms with van der Waals surface area (Å²) in [6.07, 6.45) is 0. The number of thiophene rings is 1. The highest BCUT2D eigenvalue weighted by Crippen LogP contribution is 2.21. The van der Waals surface area contributed by atoms with Crippen LogP contribution in [0.25, 0.3) is 0 Å². The topological polar surface area (TPSA) is 105 Å². The van der Waals surface area contributed by atoms with Crippen LogP contribution in [0.2, 0.25) is 0 Å². The molecule has 0 aliphatic rings. The summed E-state index contributed by atoms with van der Waals surface area (Å²) in [5, 5.41) is 1.59. The molecule has 0 atom stereocenters. The predicted octanol–water partition coefficient (Wildman–Crippen LogP) is 0.435. The second-order valence-electron chi connectivity index (χ2n) is 3.42. The normalized spacial score (nSPS) is 11.8. The van der Waals surface area contributed by atoms with Gasteiger partial charge in [-0.25, -0.2) is 13.1 Å². The smallest absolute Gasteiger partial charge is 0.304 e. The Labute approximate surface area is 112 Å². The van der Waals surface area contributed by atoms with Crippen LogP contribution in [0.4, 0.5) is 0 Å². The van der Waals surface area contributed by atoms with Crippen molar-refractivity contribution in [1.82, 2.24) is 9.71 Å². The van der Waals surface area contributed by atoms with Crippen molar-refractivity contribution >= 4 is 32.7 Å². The van der Waals surface area contributed by atoms with Crippen LogP contribution < -0.4 is 15.3 Å². The highest BCUT2D eigenvalue weighted by molar-refractivity contribution is 7.91. The Morgan fingerprint density at radius 2 is 2.17 bits per heavy atom. The third-order valence-electron chi connectivity index (χ3n) is 2.13. The zero-order valence-corrected chi connectivity index (χ0v) is 11.6. The van der Waals surface area contributed by atoms with Crippen LogP contribution in [0.5, 0.6) is 0 Å². The molecule has 0 saturated heterocycles. The van der Waals surface area contributed by atoms with Crippen molar-refractivity contribution in [3.8, 4) is 0 Å². The maximum Gasteiger partial charge on any atom is 0.304 e. The predicted molar refractivity (Wildman–Crippen MR) is 71.2 cm³/mol. The van der Waals surface area contributed by atoms with E-state index in [0.29, 0.717) is 12.2 Å². The van der Waals surface area contributed by atoms with Crippen molar-refractivity contribution in [3.63, 3.8) is 0 Å². The molecule has 0 amide bonds. The standard InChI is InChI=1S/C9H11N3O3S3/c10-3-7-1-2-8(17-7)18(14,15)11-4-6-5-16-9(13)12-6/h1-2,5,11H,3-4,10H2,(H,12,13). The molecule has 0 aromatic carbocycles. The van der Waals surface area contributed by atoms with Crippen LogP contribution in [0, 0.1) is 0 Å². The molecule has 98 valence electrons. The summed E-state index contributed by atoms with van der Waals surface area (Å²) < 4.78 is 26.5. The monoisotopic (exact) mass is 305 g/mol. The van der Waals surface area contributed by atoms with E-state index in [1.165, 1.54) is 6.07 Å². The fourth-order valence-electron chi connectivity index (χ4n) is 1.26. The number of nitrogens with one attached hydrogen (secondary N) is 2. The summed E-state index contributed by atoms with van der Waals surface area (Å²) in [6, 6.07) is 3.21. The fraction of sp³-hybridized carbons (Fsp3) is 0.222. The minimum Gasteiger partial charge on any atom is -0.326 e. The van der Waals surface area contributed by atoms with E-state index in [0.717, 1.165) is 27.6 Å². The summed E-state index contributed by atoms with van der Waals surface area (Å²) in [5.41, 5.74) is 5.98. The second kappa shape index (κ2) is 5.33. The van der Waals surface area contributed by atoms with E-state index in [2.05, 4.69) is 9.71 Å². The van der Waals surface area contributed by atoms with Gasteiger partial charge < -0.3 is 10.7 Å². The number of nitrogens with two attached hydrogens (primary N) is 1. The molecule has 0 unspecified atom stereocenters. The molecule has 6 nitrogen and oxygen atoms in total. The van der Waals surface area contributed by atoms with E-state index in [4.69, 9.17) is 5.73 Å². The van der Waals surface area contributed by atoms with Crippen LogP contribution in [-0.2, 0) is 23.1 Å². The first kappa shape index (κ1) is 13.4. The molecule has 2 heterocycles. The summed E-state index contributed by atoms with van der Waals surface area (Å²) in [7, 11) is -3.54. The number of H-pyrrole nitrogens is 1. The van der Waals surface area contributed by atoms with Gasteiger partial charge in [-0.2, -0.15) is 0 Å². The molecular weight excluding hydrogens is 294 g/mol. The van der Waals surface area contributed by atoms with Gasteiger partial charge in [0.2, 0.25) is 10.0 Å². The number of rotatable bonds is 5. The largest absolute Gasteiger partial charge is 0.326 e. The molecule has 0 radical (unpaired) electrons. The molecule has 0 spiro atoms. The zero-order chi connectivity index (χ0) is 13.2. The molecule has 0 aliphatic heterocycles. The average Bonchev–Trinajstić information content (AvgIpc) is 2.95. The number of sulfonamides is 1. The first-order chi connectivity index (χ1) is 8.51. The highest BCUT2D eigenvalue weighted by Gasteiger charge is 2.16. The lowest BCUT2D eigenvalue weighted by atomic mass is 10.5. The van der Waals surface area contributed by atoms with E-state index < -0.39 is 10.0 Å². The van der Waals surface area contributed by atoms with Crippen LogP contribution in [0.3, 0.4) is 0 Å². The first-order valence-electron chi connectivity index (χ1n) is 4.96. The van der Waals surface area contributed by atoms with Gasteiger partial charge in [0.15, 0.2) is 0 Å². The summed E-state index contributed by atoms with van der Waals surface area (Å²) >= 11 is 2.13. The van der Waals surface area contributed by atoms with Crippen molar-refractivity contribution in [2.24, 2.45) is 5.73 Å². The van der Waals surface area contributed by atoms with Gasteiger partial charge >= 0.3 is 4.87 Å². The summed E-state index contributed by atoms with van der Waals surface area (Å²) in [6.45, 7) is 0.384. The Morgan fingerprint density at radius 3 is 2.72 bits per heavy atom. The van der Waals surface area contributed by atoms with Crippen molar-refractivity contribution in [3.05, 3.63) is 37.8 Å². The molecule has 18 heavy (non-hydrogen) atoms. The Bertz CT molecular complexity index is 683. The molecular formula is C9H11N3O3S3. The number of hydrogen-bond donors (Lipinski definition) is 3. The SMILES string of the molecule is NCc1ccc(S(=O)(=O)NCc2csc(=O)[nH]2)s1. The van der Waals surface area contributed by atoms with Crippen molar-refractivity contribution < 1.29 is 8.42 Å². The molecule has 0 fully saturated rings. The van der Waals surface area contributed by atoms with Crippen LogP contribution >= 0.6 is 22.7 Å². The van der Waals surface area contributed by atoms with Gasteiger partial charge in [0.1, 0.15) is 4.21 Å². The number of hydrogen-bond acceptors (Lipinski definition) is 6. The molecule has 2 rings (SSSR count). The minimum absolute atomic E-state index is 0.0664. The van der Waals surface area contributed by atoms with Gasteiger partial charge in [-0.3, -0.25) is 4.79 Å². The zero-order valence-electron chi connectivity index (χ0n) is 9.17. The third-order valence-corrected chi connectivity index (χ3v) is 5.85. The highest BCUT2D eigenvalue weighted by atomic mass is 32.2. The molecule has 9 heteroatoms. The molecule has 0 bridgehead atoms. The van der Waals surface area contributed by atoms with Gasteiger partial charge in [-0.05, 0) is 12.1 Å². The summed E-state index contributed by atoms with van der Waals surface area (Å²) in [4.78, 5) is 14.0. The summed E-state index contributed by atoms with van der Waals surface area (Å²) in [5.74, 6) is 0. The van der Waals surface area contributed by atoms with Crippen molar-refractivity contribution in [1.29, 1.82) is 0 Å². The lowest BCUT2D eigenvalue weighted by Gasteiger charge is -2.02. The van der Waals surface area contributed by atoms with Gasteiger partial charge in [0.05, 0.1) is 6.54 Å². The van der Waals surface area contributed by atoms with Gasteiger partial charge in [-0.15, -0.1) is 11.3 Å². The van der Waals surface area contributed by atoms with E-state index in [1.807, 2.05) is 0 Å². The lowest BCUT2D eigenvalue weighted by molar-refractivity contribution is 0.582. The van der Waals surface area contributed by atoms with Crippen molar-refractivity contribution in [2.45, 2.75) is 17.3 Å². The number of aromatic amines is 1. The number of thiazole rings is 1. The molecule has 2 aromatic heterocycles. The van der Waals surface area contributed by atoms with Crippen LogP contribution in [0.1, 0.15) is 10.6 Å². The molecule has 2 aromatic rings. The van der Waals surface area contributed by atoms with E-state index in [1.54, 1.807) is 11.4 Å². The Balaban J connectivity index is 2.10. The average molecular weight is 305 g/mol. The second-order valence-corrected chi connectivity index (χ2v) is 7.43. The van der Waals surface area contributed by atoms with Gasteiger partial charge in [0.25, 0.3) is 0 Å². The molecule has 0 saturated carbocycles. The van der Waals surface area contributed by atoms with Gasteiger partial charge in [0, 0.05) is 22.5 Å². The van der Waals surface area contributed by atoms with Crippen LogP contribution in [-0.4, -0.2) is 13.4 Å². The minimum atomic E-state index is -3.54. The van der Waals surface area contributed by atoms with E-state index in [9.17, 15) is 13.2 Å². The lowest BCUT2D eigenvalue weighted by Crippen LogP contribution is -2.22. The molecule has 0 aliphatic carbocycles. The molecule has 4 N–H and O–H groups in total. The Hall–Kier alpha value is -1.00. The quantitative estimate of drug-likeness (QED) is 0.745. The van der Waals surface area contributed by atoms with Gasteiger partial charge in [-0.1, -0.05) is 11.3 Å². The maximum atomic E-state index is 11.9. The Morgan fingerprint density at radius 1 is 1.39 bits per heavy atom. The van der Waals surface area contributed by atoms with Crippen LogP contribution in [0.15, 0.2) is 26.5 Å². The van der Waals surface area contributed by atoms with E-state index in [-0.39, 0.29) is 15.6 Å². The third kappa shape index (κ3) is 3.06. The Kier molecular flexibility index (Phi) is 3.97. The van der Waals surface area contributed by atoms with Crippen molar-refractivity contribution in [2.75, 3.05) is 0 Å². The maximum absolute atomic E-state index is 11.9. The first-order valence-corrected chi connectivity index (χ1v) is 8.14. The van der Waals surface area contributed by atoms with E-state index >= 15 is 0 Å².